The summed E-state index contributed by atoms with van der Waals surface area (Å²) in [4.78, 5) is 24.9. The number of benzene rings is 3. The smallest absolute Gasteiger partial charge is 0.346 e. The zero-order valence-corrected chi connectivity index (χ0v) is 40.3. The zero-order chi connectivity index (χ0) is 44.2. The Morgan fingerprint density at radius 3 is 1.60 bits per heavy atom. The highest BCUT2D eigenvalue weighted by Crippen LogP contribution is 2.56. The molecule has 0 radical (unpaired) electrons. The first kappa shape index (κ1) is 42.2. The molecule has 0 fully saturated rings. The van der Waals surface area contributed by atoms with Crippen LogP contribution in [0.1, 0.15) is 130 Å². The molecular formula is C54H58N4O2S3. The molecule has 5 aliphatic heterocycles. The lowest BCUT2D eigenvalue weighted by Crippen LogP contribution is -2.45. The summed E-state index contributed by atoms with van der Waals surface area (Å²) in [5.74, 6) is -1.20. The number of carbonyl (C=O) groups is 1. The van der Waals surface area contributed by atoms with Crippen molar-refractivity contribution in [3.05, 3.63) is 122 Å². The number of nitriles is 1. The van der Waals surface area contributed by atoms with E-state index in [1.54, 1.807) is 17.4 Å². The molecule has 3 aromatic carbocycles. The Kier molecular flexibility index (Phi) is 10.2. The molecule has 5 aromatic rings. The number of hydrogen-bond acceptors (Lipinski definition) is 8. The number of nitrogens with zero attached hydrogens (tertiary/aromatic N) is 4. The lowest BCUT2D eigenvalue weighted by Gasteiger charge is -2.49. The van der Waals surface area contributed by atoms with Crippen molar-refractivity contribution in [3.8, 4) is 15.8 Å². The number of hydrogen-bond donors (Lipinski definition) is 1. The summed E-state index contributed by atoms with van der Waals surface area (Å²) in [5, 5.41) is 18.9. The van der Waals surface area contributed by atoms with Gasteiger partial charge in [0.05, 0.1) is 0 Å². The van der Waals surface area contributed by atoms with Crippen LogP contribution in [0.4, 0.5) is 28.4 Å². The van der Waals surface area contributed by atoms with Crippen LogP contribution in [0.25, 0.3) is 20.7 Å². The van der Waals surface area contributed by atoms with Crippen molar-refractivity contribution in [3.63, 3.8) is 0 Å². The van der Waals surface area contributed by atoms with E-state index in [0.29, 0.717) is 5.25 Å². The van der Waals surface area contributed by atoms with Crippen LogP contribution >= 0.6 is 34.4 Å². The van der Waals surface area contributed by atoms with Gasteiger partial charge >= 0.3 is 5.97 Å². The Balaban J connectivity index is 1.01. The van der Waals surface area contributed by atoms with E-state index in [2.05, 4.69) is 137 Å². The van der Waals surface area contributed by atoms with Crippen LogP contribution in [-0.2, 0) is 26.5 Å². The largest absolute Gasteiger partial charge is 0.477 e. The number of carboxylic acids is 1. The number of thioether (sulfide) groups is 1. The molecule has 9 heteroatoms. The highest BCUT2D eigenvalue weighted by atomic mass is 32.2. The van der Waals surface area contributed by atoms with Crippen LogP contribution in [0.15, 0.2) is 84.4 Å². The van der Waals surface area contributed by atoms with Crippen LogP contribution < -0.4 is 14.7 Å². The molecule has 10 rings (SSSR count). The van der Waals surface area contributed by atoms with Gasteiger partial charge in [-0.25, -0.2) is 4.79 Å². The molecule has 7 heterocycles. The van der Waals surface area contributed by atoms with Crippen molar-refractivity contribution in [2.24, 2.45) is 0 Å². The molecule has 1 atom stereocenters. The van der Waals surface area contributed by atoms with Crippen molar-refractivity contribution in [1.82, 2.24) is 0 Å². The minimum Gasteiger partial charge on any atom is -0.477 e. The second-order valence-corrected chi connectivity index (χ2v) is 24.4. The van der Waals surface area contributed by atoms with Gasteiger partial charge in [-0.1, -0.05) is 73.6 Å². The maximum Gasteiger partial charge on any atom is 0.346 e. The Labute approximate surface area is 386 Å². The van der Waals surface area contributed by atoms with Crippen LogP contribution in [0, 0.1) is 11.3 Å². The second-order valence-electron chi connectivity index (χ2n) is 21.0. The van der Waals surface area contributed by atoms with Gasteiger partial charge in [0.25, 0.3) is 0 Å². The highest BCUT2D eigenvalue weighted by Gasteiger charge is 2.43. The molecule has 63 heavy (non-hydrogen) atoms. The molecule has 1 N–H and O–H groups in total. The number of anilines is 5. The number of allylic oxidation sites excluding steroid dienone is 1. The monoisotopic (exact) mass is 890 g/mol. The third-order valence-electron chi connectivity index (χ3n) is 14.9. The van der Waals surface area contributed by atoms with E-state index in [-0.39, 0.29) is 27.2 Å². The average molecular weight is 891 g/mol. The molecule has 0 saturated heterocycles. The SMILES string of the molecule is CC1(C)CCN2CCC(C)(C)c3cc(N(c4ccc(C5CC=C(c6ccc(-c7ccc(/C=C(\C#N)C(=O)O)s7)s6)S5)cc4)c4cc5c6c(c4)C(C)(C)CCN6CCC5(C)C)cc1c32. The summed E-state index contributed by atoms with van der Waals surface area (Å²) in [5.41, 5.74) is 14.0. The number of aliphatic carboxylic acids is 1. The molecular weight excluding hydrogens is 833 g/mol. The van der Waals surface area contributed by atoms with Crippen molar-refractivity contribution in [2.45, 2.75) is 114 Å². The van der Waals surface area contributed by atoms with Gasteiger partial charge in [0.1, 0.15) is 11.6 Å². The average Bonchev–Trinajstić information content (AvgIpc) is 4.04. The summed E-state index contributed by atoms with van der Waals surface area (Å²) >= 11 is 5.22. The van der Waals surface area contributed by atoms with Crippen molar-refractivity contribution >= 4 is 79.8 Å². The molecule has 0 saturated carbocycles. The Morgan fingerprint density at radius 2 is 1.13 bits per heavy atom. The normalized spacial score (nSPS) is 21.3. The third kappa shape index (κ3) is 7.34. The van der Waals surface area contributed by atoms with Crippen molar-refractivity contribution in [2.75, 3.05) is 40.9 Å². The van der Waals surface area contributed by atoms with Gasteiger partial charge in [-0.2, -0.15) is 5.26 Å². The van der Waals surface area contributed by atoms with Crippen molar-refractivity contribution in [1.29, 1.82) is 5.26 Å². The van der Waals surface area contributed by atoms with Crippen LogP contribution in [0.3, 0.4) is 0 Å². The molecule has 2 aromatic heterocycles. The van der Waals surface area contributed by atoms with Gasteiger partial charge in [-0.3, -0.25) is 0 Å². The Bertz CT molecular complexity index is 2600. The predicted octanol–water partition coefficient (Wildman–Crippen LogP) is 14.5. The quantitative estimate of drug-likeness (QED) is 0.123. The minimum absolute atomic E-state index is 0.0771. The summed E-state index contributed by atoms with van der Waals surface area (Å²) in [7, 11) is 0. The van der Waals surface area contributed by atoms with Crippen LogP contribution in [0.2, 0.25) is 0 Å². The van der Waals surface area contributed by atoms with E-state index < -0.39 is 5.97 Å². The minimum atomic E-state index is -1.20. The first-order chi connectivity index (χ1) is 29.9. The first-order valence-corrected chi connectivity index (χ1v) is 25.1. The van der Waals surface area contributed by atoms with Gasteiger partial charge in [-0.05, 0) is 148 Å². The lowest BCUT2D eigenvalue weighted by molar-refractivity contribution is -0.132. The third-order valence-corrected chi connectivity index (χ3v) is 18.8. The molecule has 0 bridgehead atoms. The molecule has 6 nitrogen and oxygen atoms in total. The first-order valence-electron chi connectivity index (χ1n) is 22.6. The lowest BCUT2D eigenvalue weighted by atomic mass is 9.69. The van der Waals surface area contributed by atoms with Gasteiger partial charge in [0.15, 0.2) is 0 Å². The van der Waals surface area contributed by atoms with Crippen molar-refractivity contribution < 1.29 is 9.90 Å². The van der Waals surface area contributed by atoms with Crippen LogP contribution in [-0.4, -0.2) is 37.3 Å². The maximum atomic E-state index is 11.4. The van der Waals surface area contributed by atoms with Gasteiger partial charge in [-0.15, -0.1) is 34.4 Å². The molecule has 324 valence electrons. The molecule has 5 aliphatic rings. The molecule has 0 spiro atoms. The topological polar surface area (TPSA) is 70.8 Å². The summed E-state index contributed by atoms with van der Waals surface area (Å²) in [6, 6.07) is 29.8. The van der Waals surface area contributed by atoms with E-state index in [0.717, 1.165) is 72.9 Å². The number of rotatable bonds is 8. The maximum absolute atomic E-state index is 11.4. The van der Waals surface area contributed by atoms with Gasteiger partial charge < -0.3 is 19.8 Å². The molecule has 1 unspecified atom stereocenters. The summed E-state index contributed by atoms with van der Waals surface area (Å²) in [6.45, 7) is 24.2. The zero-order valence-electron chi connectivity index (χ0n) is 37.9. The predicted molar refractivity (Wildman–Crippen MR) is 268 cm³/mol. The number of carboxylic acid groups (broad SMARTS) is 1. The Morgan fingerprint density at radius 1 is 0.667 bits per heavy atom. The fourth-order valence-corrected chi connectivity index (χ4v) is 14.1. The van der Waals surface area contributed by atoms with E-state index >= 15 is 0 Å². The van der Waals surface area contributed by atoms with Gasteiger partial charge in [0, 0.05) is 84.3 Å². The molecule has 0 amide bonds. The van der Waals surface area contributed by atoms with Crippen LogP contribution in [0.5, 0.6) is 0 Å². The standard InChI is InChI=1S/C54H58N4O2S3/c1-51(2)19-23-56-24-20-52(3,4)40-29-36(28-39(51)48(40)56)58(37-30-41-49-42(31-37)54(7,8)22-26-57(49)25-21-53(41,5)6)35-11-9-33(10-12-35)43-15-16-46(62-43)47-18-17-45(63-47)44-14-13-38(61-44)27-34(32-55)50(59)60/h9-14,16-18,27-31,43H,15,19-26H2,1-8H3,(H,59,60)/b34-27+. The summed E-state index contributed by atoms with van der Waals surface area (Å²) < 4.78 is 0. The summed E-state index contributed by atoms with van der Waals surface area (Å²) in [6.07, 6.45) is 9.44. The van der Waals surface area contributed by atoms with E-state index in [4.69, 9.17) is 0 Å². The van der Waals surface area contributed by atoms with E-state index in [9.17, 15) is 15.2 Å². The second kappa shape index (κ2) is 15.2. The molecule has 0 aliphatic carbocycles. The van der Waals surface area contributed by atoms with Gasteiger partial charge in [0.2, 0.25) is 0 Å². The fourth-order valence-electron chi connectivity index (χ4n) is 10.7. The van der Waals surface area contributed by atoms with E-state index in [1.165, 1.54) is 83.4 Å². The Hall–Kier alpha value is -4.75. The fraction of sp³-hybridized carbons (Fsp3) is 0.407. The van der Waals surface area contributed by atoms with E-state index in [1.807, 2.05) is 23.9 Å². The number of thiophene rings is 2. The highest BCUT2D eigenvalue weighted by molar-refractivity contribution is 8.09.